The van der Waals surface area contributed by atoms with Gasteiger partial charge in [-0.3, -0.25) is 4.79 Å². The second-order valence-electron chi connectivity index (χ2n) is 11.7. The first kappa shape index (κ1) is 34.0. The lowest BCUT2D eigenvalue weighted by Gasteiger charge is -2.32. The normalized spacial score (nSPS) is 35.0. The van der Waals surface area contributed by atoms with E-state index < -0.39 is 36.0 Å². The van der Waals surface area contributed by atoms with Crippen molar-refractivity contribution in [1.82, 2.24) is 5.32 Å². The fourth-order valence-electron chi connectivity index (χ4n) is 5.09. The monoisotopic (exact) mass is 565 g/mol. The zero-order chi connectivity index (χ0) is 30.0. The zero-order valence-electron chi connectivity index (χ0n) is 25.2. The van der Waals surface area contributed by atoms with Gasteiger partial charge in [-0.2, -0.15) is 0 Å². The van der Waals surface area contributed by atoms with Crippen molar-refractivity contribution in [2.75, 3.05) is 6.54 Å². The van der Waals surface area contributed by atoms with Crippen LogP contribution in [-0.2, 0) is 19.0 Å². The van der Waals surface area contributed by atoms with Crippen molar-refractivity contribution < 1.29 is 39.1 Å². The largest absolute Gasteiger partial charge is 0.457 e. The van der Waals surface area contributed by atoms with Crippen molar-refractivity contribution in [3.63, 3.8) is 0 Å². The van der Waals surface area contributed by atoms with Gasteiger partial charge in [-0.1, -0.05) is 52.0 Å². The van der Waals surface area contributed by atoms with Crippen LogP contribution < -0.4 is 5.32 Å². The molecule has 2 rings (SSSR count). The number of carbonyl (C=O) groups is 2. The van der Waals surface area contributed by atoms with Gasteiger partial charge >= 0.3 is 12.1 Å². The summed E-state index contributed by atoms with van der Waals surface area (Å²) in [6, 6.07) is 0. The van der Waals surface area contributed by atoms with E-state index in [1.54, 1.807) is 26.0 Å². The number of hydrogen-bond donors (Lipinski definition) is 4. The van der Waals surface area contributed by atoms with Crippen molar-refractivity contribution in [1.29, 1.82) is 0 Å². The third-order valence-electron chi connectivity index (χ3n) is 7.90. The molecule has 1 amide bonds. The number of ether oxygens (including phenoxy) is 3. The van der Waals surface area contributed by atoms with Gasteiger partial charge in [0.1, 0.15) is 11.7 Å². The van der Waals surface area contributed by atoms with Crippen LogP contribution in [0.4, 0.5) is 4.79 Å². The van der Waals surface area contributed by atoms with E-state index in [9.17, 15) is 24.9 Å². The summed E-state index contributed by atoms with van der Waals surface area (Å²) < 4.78 is 17.1. The van der Waals surface area contributed by atoms with Gasteiger partial charge in [-0.15, -0.1) is 0 Å². The smallest absolute Gasteiger partial charge is 0.407 e. The highest BCUT2D eigenvalue weighted by atomic mass is 16.6. The minimum Gasteiger partial charge on any atom is -0.457 e. The van der Waals surface area contributed by atoms with Crippen molar-refractivity contribution >= 4 is 12.1 Å². The number of esters is 1. The average Bonchev–Trinajstić information content (AvgIpc) is 3.65. The SMILES string of the molecule is CCNC(=O)O[C@H]1/C=C/[C@H](C)[C@@H](/C(C)=C/C=C/[C@@H](C)C[C@H]2O[C@@H]2[C@H](C)[C@@H](O)CC)OC(=O)C[C@H](O)CC[C@@]1(C)O. The van der Waals surface area contributed by atoms with Gasteiger partial charge in [0.2, 0.25) is 0 Å². The van der Waals surface area contributed by atoms with Crippen molar-refractivity contribution in [3.05, 3.63) is 36.0 Å². The van der Waals surface area contributed by atoms with Crippen LogP contribution in [0.2, 0.25) is 0 Å². The number of cyclic esters (lactones) is 1. The van der Waals surface area contributed by atoms with Gasteiger partial charge < -0.3 is 34.8 Å². The molecule has 9 nitrogen and oxygen atoms in total. The number of alkyl carbamates (subject to hydrolysis) is 1. The van der Waals surface area contributed by atoms with E-state index >= 15 is 0 Å². The number of rotatable bonds is 10. The Kier molecular flexibility index (Phi) is 13.4. The standard InChI is InChI=1S/C31H51NO8/c1-8-24(34)22(6)29-25(38-29)17-19(3)11-10-12-20(4)28-21(5)13-14-26(39-30(36)32-9-2)31(7,37)16-15-23(33)18-27(35)40-28/h10-14,19,21-26,28-29,33-34,37H,8-9,15-18H2,1-7H3,(H,32,36)/b11-10+,14-13+,20-12+/t19-,21+,22-,23-,24+,25-,26+,28-,29-,31-/m1/s1. The van der Waals surface area contributed by atoms with Crippen molar-refractivity contribution in [2.45, 2.75) is 123 Å². The number of aliphatic hydroxyl groups is 3. The Morgan fingerprint density at radius 2 is 2.00 bits per heavy atom. The molecular weight excluding hydrogens is 514 g/mol. The number of epoxide rings is 1. The Morgan fingerprint density at radius 3 is 2.65 bits per heavy atom. The molecule has 10 atom stereocenters. The van der Waals surface area contributed by atoms with Crippen LogP contribution in [0.15, 0.2) is 36.0 Å². The second-order valence-corrected chi connectivity index (χ2v) is 11.7. The molecule has 0 radical (unpaired) electrons. The van der Waals surface area contributed by atoms with Gasteiger partial charge in [-0.05, 0) is 64.0 Å². The molecule has 0 aromatic heterocycles. The lowest BCUT2D eigenvalue weighted by atomic mass is 9.88. The summed E-state index contributed by atoms with van der Waals surface area (Å²) in [5.74, 6) is -0.443. The molecule has 2 aliphatic rings. The maximum atomic E-state index is 12.7. The second kappa shape index (κ2) is 15.7. The van der Waals surface area contributed by atoms with Crippen molar-refractivity contribution in [2.24, 2.45) is 17.8 Å². The van der Waals surface area contributed by atoms with Crippen LogP contribution in [0.1, 0.15) is 80.6 Å². The van der Waals surface area contributed by atoms with Crippen LogP contribution in [-0.4, -0.2) is 76.2 Å². The lowest BCUT2D eigenvalue weighted by molar-refractivity contribution is -0.151. The molecular formula is C31H51NO8. The molecule has 0 aromatic rings. The van der Waals surface area contributed by atoms with Crippen molar-refractivity contribution in [3.8, 4) is 0 Å². The van der Waals surface area contributed by atoms with Crippen LogP contribution in [0.5, 0.6) is 0 Å². The minimum atomic E-state index is -1.44. The summed E-state index contributed by atoms with van der Waals surface area (Å²) in [6.07, 6.45) is 7.69. The third kappa shape index (κ3) is 10.7. The van der Waals surface area contributed by atoms with Gasteiger partial charge in [0.15, 0.2) is 6.10 Å². The summed E-state index contributed by atoms with van der Waals surface area (Å²) in [4.78, 5) is 24.8. The van der Waals surface area contributed by atoms with Gasteiger partial charge in [0, 0.05) is 18.4 Å². The van der Waals surface area contributed by atoms with E-state index in [1.165, 1.54) is 0 Å². The fourth-order valence-corrected chi connectivity index (χ4v) is 5.09. The number of hydrogen-bond acceptors (Lipinski definition) is 8. The van der Waals surface area contributed by atoms with Gasteiger partial charge in [0.05, 0.1) is 30.8 Å². The number of nitrogens with one attached hydrogen (secondary N) is 1. The molecule has 40 heavy (non-hydrogen) atoms. The first-order chi connectivity index (χ1) is 18.8. The summed E-state index contributed by atoms with van der Waals surface area (Å²) >= 11 is 0. The van der Waals surface area contributed by atoms with E-state index in [2.05, 4.69) is 18.3 Å². The highest BCUT2D eigenvalue weighted by Crippen LogP contribution is 2.36. The quantitative estimate of drug-likeness (QED) is 0.134. The molecule has 0 aromatic carbocycles. The van der Waals surface area contributed by atoms with E-state index in [1.807, 2.05) is 39.8 Å². The van der Waals surface area contributed by atoms with Crippen LogP contribution >= 0.6 is 0 Å². The van der Waals surface area contributed by atoms with E-state index in [0.717, 1.165) is 12.0 Å². The van der Waals surface area contributed by atoms with Crippen LogP contribution in [0, 0.1) is 17.8 Å². The van der Waals surface area contributed by atoms with Gasteiger partial charge in [-0.25, -0.2) is 4.79 Å². The van der Waals surface area contributed by atoms with Crippen LogP contribution in [0.3, 0.4) is 0 Å². The number of carbonyl (C=O) groups excluding carboxylic acids is 2. The molecule has 1 fully saturated rings. The molecule has 228 valence electrons. The topological polar surface area (TPSA) is 138 Å². The number of amides is 1. The summed E-state index contributed by atoms with van der Waals surface area (Å²) in [6.45, 7) is 13.6. The molecule has 9 heteroatoms. The van der Waals surface area contributed by atoms with Gasteiger partial charge in [0.25, 0.3) is 0 Å². The molecule has 1 saturated heterocycles. The molecule has 0 spiro atoms. The Hall–Kier alpha value is -2.20. The first-order valence-electron chi connectivity index (χ1n) is 14.7. The molecule has 0 unspecified atom stereocenters. The molecule has 2 aliphatic heterocycles. The molecule has 0 bridgehead atoms. The van der Waals surface area contributed by atoms with E-state index in [4.69, 9.17) is 14.2 Å². The first-order valence-corrected chi connectivity index (χ1v) is 14.7. The predicted molar refractivity (Wildman–Crippen MR) is 153 cm³/mol. The Balaban J connectivity index is 2.15. The molecule has 4 N–H and O–H groups in total. The lowest BCUT2D eigenvalue weighted by Crippen LogP contribution is -2.44. The average molecular weight is 566 g/mol. The Bertz CT molecular complexity index is 913. The maximum absolute atomic E-state index is 12.7. The van der Waals surface area contributed by atoms with Crippen LogP contribution in [0.25, 0.3) is 0 Å². The summed E-state index contributed by atoms with van der Waals surface area (Å²) in [7, 11) is 0. The summed E-state index contributed by atoms with van der Waals surface area (Å²) in [5.41, 5.74) is -0.630. The highest BCUT2D eigenvalue weighted by molar-refractivity contribution is 5.70. The highest BCUT2D eigenvalue weighted by Gasteiger charge is 2.45. The third-order valence-corrected chi connectivity index (χ3v) is 7.90. The number of allylic oxidation sites excluding steroid dienone is 3. The zero-order valence-corrected chi connectivity index (χ0v) is 25.2. The van der Waals surface area contributed by atoms with E-state index in [0.29, 0.717) is 13.0 Å². The molecule has 0 saturated carbocycles. The summed E-state index contributed by atoms with van der Waals surface area (Å²) in [5, 5.41) is 34.1. The Labute approximate surface area is 239 Å². The minimum absolute atomic E-state index is 0.100. The number of aliphatic hydroxyl groups excluding tert-OH is 2. The fraction of sp³-hybridized carbons (Fsp3) is 0.742. The molecule has 0 aliphatic carbocycles. The van der Waals surface area contributed by atoms with E-state index in [-0.39, 0.29) is 55.3 Å². The molecule has 2 heterocycles. The maximum Gasteiger partial charge on any atom is 0.407 e. The Morgan fingerprint density at radius 1 is 1.30 bits per heavy atom. The predicted octanol–water partition coefficient (Wildman–Crippen LogP) is 4.20.